The van der Waals surface area contributed by atoms with Gasteiger partial charge in [0, 0.05) is 11.6 Å². The fraction of sp³-hybridized carbons (Fsp3) is 0.294. The first-order chi connectivity index (χ1) is 12.0. The number of amides is 2. The molecule has 130 valence electrons. The van der Waals surface area contributed by atoms with E-state index in [1.54, 1.807) is 6.33 Å². The topological polar surface area (TPSA) is 101 Å². The standard InChI is InChI=1S/C17H21N7O/c1-10(2)24-9-18-23-16(24)13-7-5-6-8-14(13)19-17(25)20-15-11(3)21-22-12(15)4/h5-10H,1-4H3,(H,21,22)(H2,19,20,25). The quantitative estimate of drug-likeness (QED) is 0.677. The van der Waals surface area contributed by atoms with Crippen LogP contribution in [0.5, 0.6) is 0 Å². The zero-order chi connectivity index (χ0) is 18.0. The largest absolute Gasteiger partial charge is 0.323 e. The van der Waals surface area contributed by atoms with Gasteiger partial charge in [-0.15, -0.1) is 10.2 Å². The number of H-pyrrole nitrogens is 1. The fourth-order valence-electron chi connectivity index (χ4n) is 2.60. The van der Waals surface area contributed by atoms with E-state index in [0.29, 0.717) is 17.2 Å². The Hall–Kier alpha value is -3.16. The van der Waals surface area contributed by atoms with Crippen molar-refractivity contribution in [3.05, 3.63) is 42.0 Å². The highest BCUT2D eigenvalue weighted by atomic mass is 16.2. The smallest absolute Gasteiger partial charge is 0.311 e. The number of nitrogens with one attached hydrogen (secondary N) is 3. The van der Waals surface area contributed by atoms with Crippen molar-refractivity contribution < 1.29 is 4.79 Å². The Morgan fingerprint density at radius 2 is 1.96 bits per heavy atom. The minimum absolute atomic E-state index is 0.211. The number of rotatable bonds is 4. The van der Waals surface area contributed by atoms with E-state index in [1.807, 2.05) is 42.7 Å². The highest BCUT2D eigenvalue weighted by molar-refractivity contribution is 6.02. The maximum Gasteiger partial charge on any atom is 0.323 e. The maximum absolute atomic E-state index is 12.4. The van der Waals surface area contributed by atoms with E-state index in [9.17, 15) is 4.79 Å². The molecule has 0 spiro atoms. The van der Waals surface area contributed by atoms with E-state index < -0.39 is 0 Å². The van der Waals surface area contributed by atoms with Gasteiger partial charge in [-0.25, -0.2) is 4.79 Å². The number of anilines is 2. The van der Waals surface area contributed by atoms with Gasteiger partial charge in [0.2, 0.25) is 0 Å². The van der Waals surface area contributed by atoms with Crippen LogP contribution < -0.4 is 10.6 Å². The van der Waals surface area contributed by atoms with Crippen LogP contribution in [0, 0.1) is 13.8 Å². The van der Waals surface area contributed by atoms with Crippen molar-refractivity contribution in [1.82, 2.24) is 25.0 Å². The van der Waals surface area contributed by atoms with Crippen LogP contribution in [0.1, 0.15) is 31.3 Å². The lowest BCUT2D eigenvalue weighted by atomic mass is 10.1. The van der Waals surface area contributed by atoms with Gasteiger partial charge in [0.1, 0.15) is 6.33 Å². The lowest BCUT2D eigenvalue weighted by molar-refractivity contribution is 0.262. The Morgan fingerprint density at radius 3 is 2.64 bits per heavy atom. The average molecular weight is 339 g/mol. The first-order valence-electron chi connectivity index (χ1n) is 8.06. The molecule has 0 bridgehead atoms. The van der Waals surface area contributed by atoms with Gasteiger partial charge in [-0.1, -0.05) is 12.1 Å². The second kappa shape index (κ2) is 6.76. The van der Waals surface area contributed by atoms with Gasteiger partial charge >= 0.3 is 6.03 Å². The first-order valence-corrected chi connectivity index (χ1v) is 8.06. The third-order valence-corrected chi connectivity index (χ3v) is 3.91. The molecule has 0 atom stereocenters. The summed E-state index contributed by atoms with van der Waals surface area (Å²) in [5.41, 5.74) is 3.69. The Kier molecular flexibility index (Phi) is 4.51. The third-order valence-electron chi connectivity index (χ3n) is 3.91. The average Bonchev–Trinajstić information content (AvgIpc) is 3.18. The number of para-hydroxylation sites is 1. The summed E-state index contributed by atoms with van der Waals surface area (Å²) in [5, 5.41) is 20.8. The molecule has 0 saturated heterocycles. The van der Waals surface area contributed by atoms with Crippen molar-refractivity contribution in [2.75, 3.05) is 10.6 Å². The number of aromatic amines is 1. The lowest BCUT2D eigenvalue weighted by Crippen LogP contribution is -2.20. The number of urea groups is 1. The van der Waals surface area contributed by atoms with Gasteiger partial charge < -0.3 is 15.2 Å². The van der Waals surface area contributed by atoms with Crippen molar-refractivity contribution in [3.63, 3.8) is 0 Å². The summed E-state index contributed by atoms with van der Waals surface area (Å²) in [6, 6.07) is 7.39. The van der Waals surface area contributed by atoms with E-state index in [-0.39, 0.29) is 12.1 Å². The summed E-state index contributed by atoms with van der Waals surface area (Å²) in [5.74, 6) is 0.710. The Balaban J connectivity index is 1.86. The number of nitrogens with zero attached hydrogens (tertiary/aromatic N) is 4. The normalized spacial score (nSPS) is 10.9. The predicted octanol–water partition coefficient (Wildman–Crippen LogP) is 3.51. The van der Waals surface area contributed by atoms with Crippen LogP contribution >= 0.6 is 0 Å². The number of hydrogen-bond donors (Lipinski definition) is 3. The first kappa shape index (κ1) is 16.7. The Bertz CT molecular complexity index is 875. The summed E-state index contributed by atoms with van der Waals surface area (Å²) in [6.45, 7) is 7.80. The fourth-order valence-corrected chi connectivity index (χ4v) is 2.60. The monoisotopic (exact) mass is 339 g/mol. The van der Waals surface area contributed by atoms with Gasteiger partial charge in [0.05, 0.1) is 22.8 Å². The van der Waals surface area contributed by atoms with Crippen LogP contribution in [0.2, 0.25) is 0 Å². The molecule has 8 nitrogen and oxygen atoms in total. The summed E-state index contributed by atoms with van der Waals surface area (Å²) in [4.78, 5) is 12.4. The number of aromatic nitrogens is 5. The van der Waals surface area contributed by atoms with Crippen molar-refractivity contribution in [2.24, 2.45) is 0 Å². The molecule has 3 aromatic rings. The second-order valence-corrected chi connectivity index (χ2v) is 6.09. The van der Waals surface area contributed by atoms with E-state index in [1.165, 1.54) is 0 Å². The molecule has 0 radical (unpaired) electrons. The molecule has 0 unspecified atom stereocenters. The molecule has 8 heteroatoms. The highest BCUT2D eigenvalue weighted by Crippen LogP contribution is 2.28. The molecule has 0 aliphatic carbocycles. The highest BCUT2D eigenvalue weighted by Gasteiger charge is 2.16. The summed E-state index contributed by atoms with van der Waals surface area (Å²) in [6.07, 6.45) is 1.69. The molecule has 3 rings (SSSR count). The van der Waals surface area contributed by atoms with Crippen molar-refractivity contribution in [2.45, 2.75) is 33.7 Å². The molecule has 2 amide bonds. The maximum atomic E-state index is 12.4. The number of hydrogen-bond acceptors (Lipinski definition) is 4. The van der Waals surface area contributed by atoms with Crippen LogP contribution in [-0.2, 0) is 0 Å². The molecule has 1 aromatic carbocycles. The minimum atomic E-state index is -0.337. The molecule has 25 heavy (non-hydrogen) atoms. The summed E-state index contributed by atoms with van der Waals surface area (Å²) < 4.78 is 1.96. The van der Waals surface area contributed by atoms with Gasteiger partial charge in [-0.2, -0.15) is 5.10 Å². The van der Waals surface area contributed by atoms with Gasteiger partial charge in [0.15, 0.2) is 5.82 Å². The molecular weight excluding hydrogens is 318 g/mol. The lowest BCUT2D eigenvalue weighted by Gasteiger charge is -2.14. The summed E-state index contributed by atoms with van der Waals surface area (Å²) >= 11 is 0. The second-order valence-electron chi connectivity index (χ2n) is 6.09. The molecule has 0 aliphatic rings. The third kappa shape index (κ3) is 3.37. The van der Waals surface area contributed by atoms with E-state index in [0.717, 1.165) is 17.0 Å². The Labute approximate surface area is 145 Å². The number of carbonyl (C=O) groups is 1. The van der Waals surface area contributed by atoms with E-state index in [2.05, 4.69) is 44.9 Å². The zero-order valence-electron chi connectivity index (χ0n) is 14.7. The molecule has 0 saturated carbocycles. The number of aryl methyl sites for hydroxylation is 2. The number of carbonyl (C=O) groups excluding carboxylic acids is 1. The molecule has 0 aliphatic heterocycles. The van der Waals surface area contributed by atoms with Gasteiger partial charge in [-0.3, -0.25) is 5.10 Å². The van der Waals surface area contributed by atoms with E-state index >= 15 is 0 Å². The van der Waals surface area contributed by atoms with Gasteiger partial charge in [0.25, 0.3) is 0 Å². The van der Waals surface area contributed by atoms with Crippen LogP contribution in [0.15, 0.2) is 30.6 Å². The van der Waals surface area contributed by atoms with Crippen LogP contribution in [0.25, 0.3) is 11.4 Å². The van der Waals surface area contributed by atoms with Gasteiger partial charge in [-0.05, 0) is 39.8 Å². The molecule has 0 fully saturated rings. The van der Waals surface area contributed by atoms with E-state index in [4.69, 9.17) is 0 Å². The minimum Gasteiger partial charge on any atom is -0.311 e. The van der Waals surface area contributed by atoms with Crippen molar-refractivity contribution in [3.8, 4) is 11.4 Å². The van der Waals surface area contributed by atoms with Crippen LogP contribution in [0.3, 0.4) is 0 Å². The molecule has 2 heterocycles. The van der Waals surface area contributed by atoms with Crippen LogP contribution in [0.4, 0.5) is 16.2 Å². The SMILES string of the molecule is Cc1n[nH]c(C)c1NC(=O)Nc1ccccc1-c1nncn1C(C)C. The molecule has 3 N–H and O–H groups in total. The molecular formula is C17H21N7O. The van der Waals surface area contributed by atoms with Crippen molar-refractivity contribution >= 4 is 17.4 Å². The molecule has 2 aromatic heterocycles. The summed E-state index contributed by atoms with van der Waals surface area (Å²) in [7, 11) is 0. The van der Waals surface area contributed by atoms with Crippen LogP contribution in [-0.4, -0.2) is 31.0 Å². The predicted molar refractivity (Wildman–Crippen MR) is 96.5 cm³/mol. The van der Waals surface area contributed by atoms with Crippen molar-refractivity contribution in [1.29, 1.82) is 0 Å². The number of benzene rings is 1. The Morgan fingerprint density at radius 1 is 1.20 bits per heavy atom. The zero-order valence-corrected chi connectivity index (χ0v) is 14.7.